The van der Waals surface area contributed by atoms with Crippen molar-refractivity contribution in [1.29, 1.82) is 0 Å². The Morgan fingerprint density at radius 2 is 2.16 bits per heavy atom. The quantitative estimate of drug-likeness (QED) is 0.707. The van der Waals surface area contributed by atoms with Crippen molar-refractivity contribution in [1.82, 2.24) is 5.32 Å². The molecule has 1 rings (SSSR count). The van der Waals surface area contributed by atoms with E-state index in [1.54, 1.807) is 0 Å². The molecule has 0 aromatic carbocycles. The van der Waals surface area contributed by atoms with Crippen molar-refractivity contribution < 1.29 is 19.4 Å². The number of unbranched alkanes of at least 4 members (excludes halogenated alkanes) is 1. The Balaban J connectivity index is 2.62. The molecule has 0 aliphatic carbocycles. The van der Waals surface area contributed by atoms with E-state index < -0.39 is 11.5 Å². The van der Waals surface area contributed by atoms with Crippen LogP contribution in [0.1, 0.15) is 52.4 Å². The molecule has 5 nitrogen and oxygen atoms in total. The molecule has 2 atom stereocenters. The molecule has 5 heteroatoms. The van der Waals surface area contributed by atoms with Crippen molar-refractivity contribution in [3.05, 3.63) is 0 Å². The summed E-state index contributed by atoms with van der Waals surface area (Å²) in [7, 11) is 0. The maximum Gasteiger partial charge on any atom is 0.305 e. The first-order chi connectivity index (χ1) is 9.03. The van der Waals surface area contributed by atoms with Crippen LogP contribution in [0, 0.1) is 5.92 Å². The summed E-state index contributed by atoms with van der Waals surface area (Å²) >= 11 is 0. The molecule has 19 heavy (non-hydrogen) atoms. The second kappa shape index (κ2) is 7.48. The largest absolute Gasteiger partial charge is 0.481 e. The number of carboxylic acids is 1. The monoisotopic (exact) mass is 271 g/mol. The van der Waals surface area contributed by atoms with Gasteiger partial charge in [0.2, 0.25) is 5.91 Å². The number of rotatable bonds is 8. The van der Waals surface area contributed by atoms with Crippen LogP contribution < -0.4 is 5.32 Å². The van der Waals surface area contributed by atoms with E-state index in [4.69, 9.17) is 9.84 Å². The molecule has 0 bridgehead atoms. The van der Waals surface area contributed by atoms with Gasteiger partial charge in [0.15, 0.2) is 0 Å². The minimum atomic E-state index is -0.896. The van der Waals surface area contributed by atoms with Gasteiger partial charge in [0, 0.05) is 12.5 Å². The van der Waals surface area contributed by atoms with Crippen LogP contribution in [0.5, 0.6) is 0 Å². The first kappa shape index (κ1) is 16.0. The topological polar surface area (TPSA) is 75.6 Å². The summed E-state index contributed by atoms with van der Waals surface area (Å²) in [4.78, 5) is 23.2. The average molecular weight is 271 g/mol. The van der Waals surface area contributed by atoms with Crippen molar-refractivity contribution in [2.75, 3.05) is 13.2 Å². The molecule has 2 unspecified atom stereocenters. The number of carbonyl (C=O) groups excluding carboxylic acids is 1. The molecule has 2 N–H and O–H groups in total. The number of hydrogen-bond acceptors (Lipinski definition) is 3. The first-order valence-corrected chi connectivity index (χ1v) is 7.14. The molecule has 110 valence electrons. The van der Waals surface area contributed by atoms with Gasteiger partial charge in [-0.25, -0.2) is 0 Å². The highest BCUT2D eigenvalue weighted by Gasteiger charge is 2.39. The number of carboxylic acid groups (broad SMARTS) is 1. The van der Waals surface area contributed by atoms with Crippen LogP contribution in [0.15, 0.2) is 0 Å². The van der Waals surface area contributed by atoms with Gasteiger partial charge in [-0.05, 0) is 19.3 Å². The van der Waals surface area contributed by atoms with Crippen molar-refractivity contribution in [2.45, 2.75) is 57.9 Å². The zero-order chi connectivity index (χ0) is 14.3. The number of ether oxygens (including phenoxy) is 1. The highest BCUT2D eigenvalue weighted by Crippen LogP contribution is 2.24. The molecule has 0 aromatic rings. The van der Waals surface area contributed by atoms with Crippen molar-refractivity contribution in [2.24, 2.45) is 5.92 Å². The first-order valence-electron chi connectivity index (χ1n) is 7.14. The molecule has 0 radical (unpaired) electrons. The van der Waals surface area contributed by atoms with Crippen LogP contribution in [0.3, 0.4) is 0 Å². The van der Waals surface area contributed by atoms with Crippen LogP contribution in [0.25, 0.3) is 0 Å². The number of aliphatic carboxylic acids is 1. The lowest BCUT2D eigenvalue weighted by atomic mass is 9.91. The van der Waals surface area contributed by atoms with Crippen molar-refractivity contribution in [3.63, 3.8) is 0 Å². The average Bonchev–Trinajstić information content (AvgIpc) is 2.77. The summed E-state index contributed by atoms with van der Waals surface area (Å²) in [6, 6.07) is 0. The molecule has 1 aliphatic heterocycles. The van der Waals surface area contributed by atoms with E-state index in [0.29, 0.717) is 19.6 Å². The van der Waals surface area contributed by atoms with Crippen LogP contribution in [0.2, 0.25) is 0 Å². The Kier molecular flexibility index (Phi) is 6.28. The van der Waals surface area contributed by atoms with Gasteiger partial charge in [-0.2, -0.15) is 0 Å². The molecular weight excluding hydrogens is 246 g/mol. The lowest BCUT2D eigenvalue weighted by Gasteiger charge is -2.29. The predicted molar refractivity (Wildman–Crippen MR) is 71.9 cm³/mol. The fourth-order valence-corrected chi connectivity index (χ4v) is 2.51. The molecule has 0 spiro atoms. The molecule has 1 amide bonds. The third kappa shape index (κ3) is 4.82. The fraction of sp³-hybridized carbons (Fsp3) is 0.857. The summed E-state index contributed by atoms with van der Waals surface area (Å²) in [5.41, 5.74) is -0.706. The number of amides is 1. The minimum Gasteiger partial charge on any atom is -0.481 e. The molecule has 1 heterocycles. The Bertz CT molecular complexity index is 311. The van der Waals surface area contributed by atoms with E-state index in [9.17, 15) is 9.59 Å². The zero-order valence-corrected chi connectivity index (χ0v) is 11.9. The van der Waals surface area contributed by atoms with Gasteiger partial charge in [0.25, 0.3) is 0 Å². The Morgan fingerprint density at radius 3 is 2.63 bits per heavy atom. The van der Waals surface area contributed by atoms with Gasteiger partial charge >= 0.3 is 5.97 Å². The number of carbonyl (C=O) groups is 2. The van der Waals surface area contributed by atoms with E-state index in [1.165, 1.54) is 0 Å². The Morgan fingerprint density at radius 1 is 1.42 bits per heavy atom. The minimum absolute atomic E-state index is 0.0220. The summed E-state index contributed by atoms with van der Waals surface area (Å²) in [5.74, 6) is -0.943. The second-order valence-corrected chi connectivity index (χ2v) is 5.39. The predicted octanol–water partition coefficient (Wildman–Crippen LogP) is 1.95. The van der Waals surface area contributed by atoms with Gasteiger partial charge in [-0.3, -0.25) is 9.59 Å². The third-order valence-electron chi connectivity index (χ3n) is 3.75. The maximum atomic E-state index is 12.3. The highest BCUT2D eigenvalue weighted by molar-refractivity contribution is 5.80. The summed E-state index contributed by atoms with van der Waals surface area (Å²) in [6.45, 7) is 4.91. The smallest absolute Gasteiger partial charge is 0.305 e. The maximum absolute atomic E-state index is 12.3. The van der Waals surface area contributed by atoms with Crippen LogP contribution in [-0.4, -0.2) is 35.7 Å². The highest BCUT2D eigenvalue weighted by atomic mass is 16.5. The molecule has 1 fully saturated rings. The van der Waals surface area contributed by atoms with E-state index in [2.05, 4.69) is 12.2 Å². The summed E-state index contributed by atoms with van der Waals surface area (Å²) < 4.78 is 5.28. The molecule has 1 aliphatic rings. The molecule has 0 saturated carbocycles. The van der Waals surface area contributed by atoms with Crippen LogP contribution >= 0.6 is 0 Å². The van der Waals surface area contributed by atoms with E-state index in [-0.39, 0.29) is 18.2 Å². The van der Waals surface area contributed by atoms with Crippen LogP contribution in [0.4, 0.5) is 0 Å². The second-order valence-electron chi connectivity index (χ2n) is 5.39. The lowest BCUT2D eigenvalue weighted by molar-refractivity contribution is -0.139. The molecule has 1 saturated heterocycles. The van der Waals surface area contributed by atoms with E-state index >= 15 is 0 Å². The summed E-state index contributed by atoms with van der Waals surface area (Å²) in [5, 5.41) is 11.9. The Hall–Kier alpha value is -1.10. The zero-order valence-electron chi connectivity index (χ0n) is 11.9. The van der Waals surface area contributed by atoms with Gasteiger partial charge in [0.05, 0.1) is 18.6 Å². The van der Waals surface area contributed by atoms with Gasteiger partial charge < -0.3 is 15.2 Å². The van der Waals surface area contributed by atoms with Crippen LogP contribution in [-0.2, 0) is 14.3 Å². The van der Waals surface area contributed by atoms with E-state index in [1.807, 2.05) is 6.92 Å². The fourth-order valence-electron chi connectivity index (χ4n) is 2.51. The van der Waals surface area contributed by atoms with Crippen molar-refractivity contribution >= 4 is 11.9 Å². The van der Waals surface area contributed by atoms with Gasteiger partial charge in [-0.15, -0.1) is 0 Å². The van der Waals surface area contributed by atoms with Gasteiger partial charge in [-0.1, -0.05) is 26.7 Å². The molecule has 0 aromatic heterocycles. The molecular formula is C14H25NO4. The Labute approximate surface area is 114 Å². The van der Waals surface area contributed by atoms with E-state index in [0.717, 1.165) is 25.7 Å². The SMILES string of the molecule is CCCCC(CC)C(=O)NC1(CC(=O)O)CCOC1. The standard InChI is InChI=1S/C14H25NO4/c1-3-5-6-11(4-2)13(18)15-14(9-12(16)17)7-8-19-10-14/h11H,3-10H2,1-2H3,(H,15,18)(H,16,17). The summed E-state index contributed by atoms with van der Waals surface area (Å²) in [6.07, 6.45) is 4.25. The van der Waals surface area contributed by atoms with Crippen molar-refractivity contribution in [3.8, 4) is 0 Å². The third-order valence-corrected chi connectivity index (χ3v) is 3.75. The number of nitrogens with one attached hydrogen (secondary N) is 1. The van der Waals surface area contributed by atoms with Gasteiger partial charge in [0.1, 0.15) is 0 Å². The number of hydrogen-bond donors (Lipinski definition) is 2. The normalized spacial score (nSPS) is 24.1. The lowest BCUT2D eigenvalue weighted by Crippen LogP contribution is -2.52.